The molecule has 0 saturated heterocycles. The summed E-state index contributed by atoms with van der Waals surface area (Å²) in [4.78, 5) is 0. The van der Waals surface area contributed by atoms with Crippen LogP contribution in [0, 0.1) is 5.41 Å². The Morgan fingerprint density at radius 3 is 2.65 bits per heavy atom. The van der Waals surface area contributed by atoms with E-state index in [1.54, 1.807) is 0 Å². The molecule has 1 heterocycles. The van der Waals surface area contributed by atoms with E-state index in [1.807, 2.05) is 6.07 Å². The average Bonchev–Trinajstić information content (AvgIpc) is 2.95. The Hall–Kier alpha value is 0.240. The Kier molecular flexibility index (Phi) is 4.40. The van der Waals surface area contributed by atoms with Crippen LogP contribution < -0.4 is 5.32 Å². The lowest BCUT2D eigenvalue weighted by Gasteiger charge is -2.19. The fourth-order valence-corrected chi connectivity index (χ4v) is 4.00. The molecule has 1 atom stereocenters. The molecule has 0 radical (unpaired) electrons. The molecule has 0 bridgehead atoms. The van der Waals surface area contributed by atoms with E-state index >= 15 is 0 Å². The minimum Gasteiger partial charge on any atom is -0.310 e. The molecule has 1 nitrogen and oxygen atoms in total. The molecule has 0 aromatic carbocycles. The van der Waals surface area contributed by atoms with E-state index in [0.717, 1.165) is 20.8 Å². The molecule has 1 aliphatic rings. The maximum Gasteiger partial charge on any atom is 0.0991 e. The van der Waals surface area contributed by atoms with Crippen molar-refractivity contribution in [2.45, 2.75) is 45.6 Å². The predicted molar refractivity (Wildman–Crippen MR) is 77.3 cm³/mol. The molecule has 1 aromatic rings. The van der Waals surface area contributed by atoms with Gasteiger partial charge in [-0.2, -0.15) is 0 Å². The lowest BCUT2D eigenvalue weighted by atomic mass is 10.00. The summed E-state index contributed by atoms with van der Waals surface area (Å²) in [5.41, 5.74) is 1.71. The monoisotopic (exact) mass is 291 g/mol. The molecule has 96 valence electrons. The van der Waals surface area contributed by atoms with Gasteiger partial charge in [0.15, 0.2) is 0 Å². The van der Waals surface area contributed by atoms with Crippen molar-refractivity contribution >= 4 is 34.5 Å². The minimum absolute atomic E-state index is 0.292. The van der Waals surface area contributed by atoms with Crippen LogP contribution in [0.25, 0.3) is 0 Å². The highest BCUT2D eigenvalue weighted by atomic mass is 35.5. The number of hydrogen-bond acceptors (Lipinski definition) is 2. The van der Waals surface area contributed by atoms with Crippen molar-refractivity contribution in [1.29, 1.82) is 0 Å². The quantitative estimate of drug-likeness (QED) is 0.751. The maximum absolute atomic E-state index is 6.16. The first-order valence-electron chi connectivity index (χ1n) is 6.24. The zero-order valence-corrected chi connectivity index (χ0v) is 12.7. The van der Waals surface area contributed by atoms with E-state index in [-0.39, 0.29) is 0 Å². The fourth-order valence-electron chi connectivity index (χ4n) is 2.35. The van der Waals surface area contributed by atoms with Crippen LogP contribution in [-0.4, -0.2) is 6.54 Å². The molecule has 1 aliphatic carbocycles. The van der Waals surface area contributed by atoms with Gasteiger partial charge in [0.2, 0.25) is 0 Å². The molecular formula is C13H19Cl2NS. The molecule has 0 aliphatic heterocycles. The van der Waals surface area contributed by atoms with Crippen LogP contribution in [0.2, 0.25) is 8.67 Å². The van der Waals surface area contributed by atoms with E-state index < -0.39 is 0 Å². The van der Waals surface area contributed by atoms with Gasteiger partial charge in [-0.3, -0.25) is 0 Å². The molecule has 0 amide bonds. The zero-order chi connectivity index (χ0) is 12.5. The van der Waals surface area contributed by atoms with Gasteiger partial charge < -0.3 is 5.32 Å². The summed E-state index contributed by atoms with van der Waals surface area (Å²) in [6.07, 6.45) is 5.36. The van der Waals surface area contributed by atoms with E-state index in [4.69, 9.17) is 23.2 Å². The van der Waals surface area contributed by atoms with Crippen LogP contribution in [0.5, 0.6) is 0 Å². The van der Waals surface area contributed by atoms with Crippen molar-refractivity contribution in [3.8, 4) is 0 Å². The highest BCUT2D eigenvalue weighted by Crippen LogP contribution is 2.49. The van der Waals surface area contributed by atoms with Crippen LogP contribution in [0.15, 0.2) is 6.07 Å². The van der Waals surface area contributed by atoms with Gasteiger partial charge in [0, 0.05) is 12.6 Å². The van der Waals surface area contributed by atoms with Crippen LogP contribution >= 0.6 is 34.5 Å². The predicted octanol–water partition coefficient (Wildman–Crippen LogP) is 5.29. The number of halogens is 2. The second-order valence-electron chi connectivity index (χ2n) is 5.13. The first-order chi connectivity index (χ1) is 8.06. The maximum atomic E-state index is 6.16. The molecule has 4 heteroatoms. The van der Waals surface area contributed by atoms with Gasteiger partial charge in [-0.15, -0.1) is 11.3 Å². The zero-order valence-electron chi connectivity index (χ0n) is 10.4. The topological polar surface area (TPSA) is 12.0 Å². The van der Waals surface area contributed by atoms with Gasteiger partial charge in [-0.1, -0.05) is 36.5 Å². The third kappa shape index (κ3) is 3.37. The lowest BCUT2D eigenvalue weighted by molar-refractivity contribution is 0.397. The average molecular weight is 292 g/mol. The number of rotatable bonds is 6. The highest BCUT2D eigenvalue weighted by molar-refractivity contribution is 7.20. The van der Waals surface area contributed by atoms with Crippen molar-refractivity contribution in [3.05, 3.63) is 20.3 Å². The van der Waals surface area contributed by atoms with Crippen molar-refractivity contribution in [2.24, 2.45) is 5.41 Å². The van der Waals surface area contributed by atoms with Crippen LogP contribution in [0.1, 0.15) is 51.1 Å². The first kappa shape index (κ1) is 13.7. The van der Waals surface area contributed by atoms with Crippen LogP contribution in [-0.2, 0) is 0 Å². The summed E-state index contributed by atoms with van der Waals surface area (Å²) in [5, 5.41) is 3.60. The minimum atomic E-state index is 0.292. The number of nitrogens with one attached hydrogen (secondary N) is 1. The van der Waals surface area contributed by atoms with Gasteiger partial charge in [0.1, 0.15) is 0 Å². The normalized spacial score (nSPS) is 19.3. The Morgan fingerprint density at radius 1 is 1.47 bits per heavy atom. The van der Waals surface area contributed by atoms with Crippen molar-refractivity contribution in [2.75, 3.05) is 6.54 Å². The van der Waals surface area contributed by atoms with Crippen LogP contribution in [0.3, 0.4) is 0 Å². The summed E-state index contributed by atoms with van der Waals surface area (Å²) >= 11 is 13.6. The first-order valence-corrected chi connectivity index (χ1v) is 7.82. The van der Waals surface area contributed by atoms with Gasteiger partial charge in [0.25, 0.3) is 0 Å². The Bertz CT molecular complexity index is 385. The smallest absolute Gasteiger partial charge is 0.0991 e. The SMILES string of the molecule is CCCC1(CNC(C)c2cc(Cl)sc2Cl)CC1. The lowest BCUT2D eigenvalue weighted by Crippen LogP contribution is -2.26. The van der Waals surface area contributed by atoms with Crippen molar-refractivity contribution in [3.63, 3.8) is 0 Å². The van der Waals surface area contributed by atoms with E-state index in [0.29, 0.717) is 11.5 Å². The standard InChI is InChI=1S/C13H19Cl2NS/c1-3-4-13(5-6-13)8-16-9(2)10-7-11(14)17-12(10)15/h7,9,16H,3-6,8H2,1-2H3. The molecular weight excluding hydrogens is 273 g/mol. The summed E-state index contributed by atoms with van der Waals surface area (Å²) < 4.78 is 1.59. The fraction of sp³-hybridized carbons (Fsp3) is 0.692. The van der Waals surface area contributed by atoms with Crippen LogP contribution in [0.4, 0.5) is 0 Å². The Balaban J connectivity index is 1.89. The van der Waals surface area contributed by atoms with Gasteiger partial charge >= 0.3 is 0 Å². The Morgan fingerprint density at radius 2 is 2.18 bits per heavy atom. The number of thiophene rings is 1. The molecule has 2 rings (SSSR count). The van der Waals surface area contributed by atoms with Gasteiger partial charge in [-0.25, -0.2) is 0 Å². The third-order valence-electron chi connectivity index (χ3n) is 3.67. The largest absolute Gasteiger partial charge is 0.310 e. The summed E-state index contributed by atoms with van der Waals surface area (Å²) in [6, 6.07) is 2.27. The summed E-state index contributed by atoms with van der Waals surface area (Å²) in [5.74, 6) is 0. The molecule has 0 spiro atoms. The molecule has 1 unspecified atom stereocenters. The third-order valence-corrected chi connectivity index (χ3v) is 5.19. The summed E-state index contributed by atoms with van der Waals surface area (Å²) in [7, 11) is 0. The van der Waals surface area contributed by atoms with Gasteiger partial charge in [0.05, 0.1) is 8.67 Å². The molecule has 1 saturated carbocycles. The van der Waals surface area contributed by atoms with E-state index in [1.165, 1.54) is 37.0 Å². The molecule has 17 heavy (non-hydrogen) atoms. The van der Waals surface area contributed by atoms with Crippen molar-refractivity contribution in [1.82, 2.24) is 5.32 Å². The molecule has 1 aromatic heterocycles. The molecule has 1 N–H and O–H groups in total. The van der Waals surface area contributed by atoms with Gasteiger partial charge in [-0.05, 0) is 43.2 Å². The summed E-state index contributed by atoms with van der Waals surface area (Å²) in [6.45, 7) is 5.52. The van der Waals surface area contributed by atoms with E-state index in [9.17, 15) is 0 Å². The second-order valence-corrected chi connectivity index (χ2v) is 7.42. The second kappa shape index (κ2) is 5.48. The van der Waals surface area contributed by atoms with Crippen molar-refractivity contribution < 1.29 is 0 Å². The van der Waals surface area contributed by atoms with E-state index in [2.05, 4.69) is 19.2 Å². The Labute approximate surface area is 118 Å². The number of hydrogen-bond donors (Lipinski definition) is 1. The molecule has 1 fully saturated rings. The highest BCUT2D eigenvalue weighted by Gasteiger charge is 2.41.